The van der Waals surface area contributed by atoms with Gasteiger partial charge in [0.1, 0.15) is 11.4 Å². The zero-order valence-corrected chi connectivity index (χ0v) is 20.2. The van der Waals surface area contributed by atoms with Crippen LogP contribution in [-0.4, -0.2) is 47.2 Å². The number of benzene rings is 1. The maximum absolute atomic E-state index is 13.7. The topological polar surface area (TPSA) is 71.1 Å². The number of amides is 2. The molecule has 1 aromatic carbocycles. The van der Waals surface area contributed by atoms with Crippen LogP contribution in [0.3, 0.4) is 0 Å². The number of thiophene rings is 1. The largest absolute Gasteiger partial charge is 0.497 e. The number of methoxy groups -OCH3 is 1. The van der Waals surface area contributed by atoms with Gasteiger partial charge in [-0.05, 0) is 70.4 Å². The van der Waals surface area contributed by atoms with E-state index < -0.39 is 5.60 Å². The normalized spacial score (nSPS) is 20.0. The van der Waals surface area contributed by atoms with Crippen molar-refractivity contribution in [2.45, 2.75) is 51.7 Å². The lowest BCUT2D eigenvalue weighted by atomic mass is 9.94. The van der Waals surface area contributed by atoms with Crippen molar-refractivity contribution >= 4 is 33.4 Å². The highest BCUT2D eigenvalue weighted by atomic mass is 32.1. The monoisotopic (exact) mass is 467 g/mol. The number of hydrogen-bond acceptors (Lipinski definition) is 6. The first kappa shape index (κ1) is 21.8. The van der Waals surface area contributed by atoms with Crippen LogP contribution in [0.4, 0.5) is 4.79 Å². The van der Waals surface area contributed by atoms with Gasteiger partial charge in [0.2, 0.25) is 0 Å². The molecular formula is C25H29N3O4S. The Bertz CT molecular complexity index is 1170. The molecule has 1 aromatic heterocycles. The first-order chi connectivity index (χ1) is 15.7. The fraction of sp³-hybridized carbons (Fsp3) is 0.440. The van der Waals surface area contributed by atoms with Crippen LogP contribution in [-0.2, 0) is 4.74 Å². The van der Waals surface area contributed by atoms with Crippen LogP contribution in [0.5, 0.6) is 5.75 Å². The molecule has 1 unspecified atom stereocenters. The van der Waals surface area contributed by atoms with Gasteiger partial charge in [0.15, 0.2) is 0 Å². The Kier molecular flexibility index (Phi) is 5.35. The second-order valence-electron chi connectivity index (χ2n) is 9.80. The Hall–Kier alpha value is -3.00. The van der Waals surface area contributed by atoms with Crippen molar-refractivity contribution in [3.8, 4) is 5.75 Å². The van der Waals surface area contributed by atoms with Crippen LogP contribution in [0.2, 0.25) is 0 Å². The fourth-order valence-corrected chi connectivity index (χ4v) is 5.34. The summed E-state index contributed by atoms with van der Waals surface area (Å²) < 4.78 is 11.9. The number of carbonyl (C=O) groups is 2. The highest BCUT2D eigenvalue weighted by Gasteiger charge is 2.40. The Morgan fingerprint density at radius 1 is 1.21 bits per heavy atom. The molecule has 3 aliphatic rings. The van der Waals surface area contributed by atoms with Gasteiger partial charge < -0.3 is 14.4 Å². The lowest BCUT2D eigenvalue weighted by Crippen LogP contribution is -2.40. The highest BCUT2D eigenvalue weighted by molar-refractivity contribution is 7.17. The molecule has 2 fully saturated rings. The maximum Gasteiger partial charge on any atom is 0.429 e. The summed E-state index contributed by atoms with van der Waals surface area (Å²) in [5, 5.41) is 4.44. The molecule has 1 aliphatic heterocycles. The lowest BCUT2D eigenvalue weighted by Gasteiger charge is -2.29. The number of nitrogens with zero attached hydrogens (tertiary/aromatic N) is 2. The minimum absolute atomic E-state index is 0.0481. The number of rotatable bonds is 4. The number of allylic oxidation sites excluding steroid dienone is 3. The summed E-state index contributed by atoms with van der Waals surface area (Å²) in [7, 11) is 1.65. The number of fused-ring (bicyclic) bond motifs is 2. The summed E-state index contributed by atoms with van der Waals surface area (Å²) in [5.74, 6) is 0.959. The number of ether oxygens (including phenoxy) is 2. The summed E-state index contributed by atoms with van der Waals surface area (Å²) >= 11 is 1.56. The van der Waals surface area contributed by atoms with Crippen molar-refractivity contribution in [3.63, 3.8) is 0 Å². The molecule has 8 heteroatoms. The number of hydrogen-bond donors (Lipinski definition) is 1. The first-order valence-corrected chi connectivity index (χ1v) is 12.2. The van der Waals surface area contributed by atoms with Crippen molar-refractivity contribution in [1.82, 2.24) is 15.3 Å². The molecule has 0 bridgehead atoms. The SMILES string of the molecule is COc1ccc2c(C(=O)N(C3=CC=C4NN(C(=O)OC(C)(C)C)CC4C3)C3CC3)csc2c1. The van der Waals surface area contributed by atoms with Crippen LogP contribution < -0.4 is 10.2 Å². The Morgan fingerprint density at radius 3 is 2.70 bits per heavy atom. The van der Waals surface area contributed by atoms with E-state index in [4.69, 9.17) is 9.47 Å². The zero-order valence-electron chi connectivity index (χ0n) is 19.4. The molecule has 7 nitrogen and oxygen atoms in total. The van der Waals surface area contributed by atoms with E-state index in [1.54, 1.807) is 18.4 Å². The molecule has 2 amide bonds. The third kappa shape index (κ3) is 4.31. The number of hydrazine groups is 1. The van der Waals surface area contributed by atoms with Crippen molar-refractivity contribution in [1.29, 1.82) is 0 Å². The molecule has 2 aromatic rings. The van der Waals surface area contributed by atoms with Crippen molar-refractivity contribution in [3.05, 3.63) is 52.7 Å². The molecule has 1 saturated carbocycles. The molecule has 0 radical (unpaired) electrons. The second kappa shape index (κ2) is 8.09. The second-order valence-corrected chi connectivity index (χ2v) is 10.7. The Balaban J connectivity index is 1.35. The summed E-state index contributed by atoms with van der Waals surface area (Å²) in [4.78, 5) is 28.2. The van der Waals surface area contributed by atoms with Crippen LogP contribution in [0.15, 0.2) is 47.1 Å². The van der Waals surface area contributed by atoms with E-state index in [1.807, 2.05) is 61.4 Å². The molecule has 174 valence electrons. The van der Waals surface area contributed by atoms with Gasteiger partial charge in [-0.2, -0.15) is 0 Å². The van der Waals surface area contributed by atoms with E-state index in [1.165, 1.54) is 5.01 Å². The lowest BCUT2D eigenvalue weighted by molar-refractivity contribution is 0.0211. The Morgan fingerprint density at radius 2 is 2.00 bits per heavy atom. The fourth-order valence-electron chi connectivity index (χ4n) is 4.38. The quantitative estimate of drug-likeness (QED) is 0.681. The molecule has 0 spiro atoms. The van der Waals surface area contributed by atoms with Crippen LogP contribution in [0, 0.1) is 5.92 Å². The zero-order chi connectivity index (χ0) is 23.3. The van der Waals surface area contributed by atoms with Crippen LogP contribution >= 0.6 is 11.3 Å². The smallest absolute Gasteiger partial charge is 0.429 e. The third-order valence-corrected chi connectivity index (χ3v) is 7.03. The van der Waals surface area contributed by atoms with Crippen molar-refractivity contribution in [2.24, 2.45) is 5.92 Å². The molecule has 1 saturated heterocycles. The Labute approximate surface area is 197 Å². The van der Waals surface area contributed by atoms with Gasteiger partial charge in [0.05, 0.1) is 19.2 Å². The van der Waals surface area contributed by atoms with Gasteiger partial charge in [-0.15, -0.1) is 11.3 Å². The summed E-state index contributed by atoms with van der Waals surface area (Å²) in [6.07, 6.45) is 6.37. The van der Waals surface area contributed by atoms with E-state index in [9.17, 15) is 9.59 Å². The maximum atomic E-state index is 13.7. The third-order valence-electron chi connectivity index (χ3n) is 6.08. The van der Waals surface area contributed by atoms with Gasteiger partial charge in [0, 0.05) is 38.8 Å². The molecule has 1 N–H and O–H groups in total. The average molecular weight is 468 g/mol. The van der Waals surface area contributed by atoms with E-state index >= 15 is 0 Å². The van der Waals surface area contributed by atoms with Gasteiger partial charge in [-0.1, -0.05) is 0 Å². The molecule has 33 heavy (non-hydrogen) atoms. The molecule has 1 atom stereocenters. The molecule has 2 aliphatic carbocycles. The highest BCUT2D eigenvalue weighted by Crippen LogP contribution is 2.39. The van der Waals surface area contributed by atoms with E-state index in [0.29, 0.717) is 13.0 Å². The number of nitrogens with one attached hydrogen (secondary N) is 1. The molecule has 5 rings (SSSR count). The van der Waals surface area contributed by atoms with Gasteiger partial charge >= 0.3 is 6.09 Å². The van der Waals surface area contributed by atoms with E-state index in [-0.39, 0.29) is 24.0 Å². The standard InChI is InChI=1S/C25H29N3O4S/c1-25(2,3)32-24(30)27-13-15-11-17(7-10-21(15)26-27)28(16-5-6-16)23(29)20-14-33-22-12-18(31-4)8-9-19(20)22/h7-10,12,14-16,26H,5-6,11,13H2,1-4H3. The van der Waals surface area contributed by atoms with E-state index in [0.717, 1.165) is 45.6 Å². The van der Waals surface area contributed by atoms with Crippen molar-refractivity contribution in [2.75, 3.05) is 13.7 Å². The van der Waals surface area contributed by atoms with E-state index in [2.05, 4.69) is 5.43 Å². The van der Waals surface area contributed by atoms with Crippen molar-refractivity contribution < 1.29 is 19.1 Å². The summed E-state index contributed by atoms with van der Waals surface area (Å²) in [6, 6.07) is 6.08. The van der Waals surface area contributed by atoms with Crippen LogP contribution in [0.25, 0.3) is 10.1 Å². The first-order valence-electron chi connectivity index (χ1n) is 11.3. The predicted molar refractivity (Wildman–Crippen MR) is 128 cm³/mol. The minimum Gasteiger partial charge on any atom is -0.497 e. The predicted octanol–water partition coefficient (Wildman–Crippen LogP) is 5.06. The van der Waals surface area contributed by atoms with Gasteiger partial charge in [0.25, 0.3) is 5.91 Å². The minimum atomic E-state index is -0.549. The molecule has 2 heterocycles. The molecular weight excluding hydrogens is 438 g/mol. The summed E-state index contributed by atoms with van der Waals surface area (Å²) in [6.45, 7) is 6.09. The van der Waals surface area contributed by atoms with Crippen LogP contribution in [0.1, 0.15) is 50.4 Å². The average Bonchev–Trinajstić information content (AvgIpc) is 3.35. The van der Waals surface area contributed by atoms with Gasteiger partial charge in [-0.3, -0.25) is 10.2 Å². The summed E-state index contributed by atoms with van der Waals surface area (Å²) in [5.41, 5.74) is 5.36. The van der Waals surface area contributed by atoms with Gasteiger partial charge in [-0.25, -0.2) is 9.80 Å². The number of carbonyl (C=O) groups excluding carboxylic acids is 2.